The third-order valence-corrected chi connectivity index (χ3v) is 3.55. The molecular weight excluding hydrogens is 233 g/mol. The molecule has 1 atom stereocenters. The zero-order valence-electron chi connectivity index (χ0n) is 10.7. The number of hydrogen-bond acceptors (Lipinski definition) is 3. The van der Waals surface area contributed by atoms with Gasteiger partial charge in [0.15, 0.2) is 0 Å². The average molecular weight is 253 g/mol. The second-order valence-corrected chi connectivity index (χ2v) is 4.64. The normalized spacial score (nSPS) is 20.6. The summed E-state index contributed by atoms with van der Waals surface area (Å²) < 4.78 is 24.6. The molecule has 1 aliphatic heterocycles. The Labute approximate surface area is 107 Å². The maximum atomic E-state index is 13.3. The van der Waals surface area contributed by atoms with Gasteiger partial charge in [-0.2, -0.15) is 0 Å². The van der Waals surface area contributed by atoms with Gasteiger partial charge in [0, 0.05) is 32.7 Å². The molecule has 0 bridgehead atoms. The lowest BCUT2D eigenvalue weighted by Gasteiger charge is -2.41. The fourth-order valence-electron chi connectivity index (χ4n) is 2.55. The Morgan fingerprint density at radius 2 is 2.17 bits per heavy atom. The monoisotopic (exact) mass is 253 g/mol. The van der Waals surface area contributed by atoms with E-state index in [-0.39, 0.29) is 11.9 Å². The van der Waals surface area contributed by atoms with Crippen molar-refractivity contribution in [2.24, 2.45) is 5.73 Å². The summed E-state index contributed by atoms with van der Waals surface area (Å²) in [5, 5.41) is 0. The molecule has 1 heterocycles. The minimum absolute atomic E-state index is 0.262. The van der Waals surface area contributed by atoms with Crippen LogP contribution >= 0.6 is 0 Å². The molecule has 1 fully saturated rings. The summed E-state index contributed by atoms with van der Waals surface area (Å²) in [5.41, 5.74) is 6.67. The molecule has 2 rings (SSSR count). The topological polar surface area (TPSA) is 44.5 Å². The molecule has 1 aromatic carbocycles. The average Bonchev–Trinajstić information content (AvgIpc) is 2.39. The van der Waals surface area contributed by atoms with Crippen molar-refractivity contribution in [3.8, 4) is 0 Å². The lowest BCUT2D eigenvalue weighted by atomic mass is 9.82. The lowest BCUT2D eigenvalue weighted by Crippen LogP contribution is -2.48. The van der Waals surface area contributed by atoms with E-state index < -0.39 is 5.60 Å². The van der Waals surface area contributed by atoms with E-state index in [0.717, 1.165) is 18.4 Å². The SMILES string of the molecule is CCOC1(C(N)c2cccc(F)c2)CCOCC1. The smallest absolute Gasteiger partial charge is 0.123 e. The van der Waals surface area contributed by atoms with Crippen molar-refractivity contribution in [3.63, 3.8) is 0 Å². The predicted molar refractivity (Wildman–Crippen MR) is 67.7 cm³/mol. The van der Waals surface area contributed by atoms with Crippen LogP contribution in [0.5, 0.6) is 0 Å². The predicted octanol–water partition coefficient (Wildman–Crippen LogP) is 2.41. The first kappa shape index (κ1) is 13.5. The highest BCUT2D eigenvalue weighted by Gasteiger charge is 2.40. The molecule has 4 heteroatoms. The minimum atomic E-state index is -0.430. The van der Waals surface area contributed by atoms with Gasteiger partial charge in [0.2, 0.25) is 0 Å². The Balaban J connectivity index is 2.24. The van der Waals surface area contributed by atoms with Gasteiger partial charge in [0.25, 0.3) is 0 Å². The molecule has 0 aliphatic carbocycles. The van der Waals surface area contributed by atoms with E-state index in [0.29, 0.717) is 19.8 Å². The summed E-state index contributed by atoms with van der Waals surface area (Å²) in [7, 11) is 0. The van der Waals surface area contributed by atoms with Gasteiger partial charge < -0.3 is 15.2 Å². The van der Waals surface area contributed by atoms with Crippen LogP contribution in [-0.4, -0.2) is 25.4 Å². The number of ether oxygens (including phenoxy) is 2. The Hall–Kier alpha value is -0.970. The summed E-state index contributed by atoms with van der Waals surface area (Å²) in [5.74, 6) is -0.262. The number of halogens is 1. The lowest BCUT2D eigenvalue weighted by molar-refractivity contribution is -0.121. The van der Waals surface area contributed by atoms with Crippen LogP contribution in [0.1, 0.15) is 31.4 Å². The molecule has 0 saturated carbocycles. The second-order valence-electron chi connectivity index (χ2n) is 4.64. The summed E-state index contributed by atoms with van der Waals surface area (Å²) >= 11 is 0. The van der Waals surface area contributed by atoms with Gasteiger partial charge in [-0.3, -0.25) is 0 Å². The number of benzene rings is 1. The number of rotatable bonds is 4. The van der Waals surface area contributed by atoms with E-state index in [9.17, 15) is 4.39 Å². The summed E-state index contributed by atoms with van der Waals surface area (Å²) in [6, 6.07) is 6.12. The second kappa shape index (κ2) is 5.78. The van der Waals surface area contributed by atoms with Crippen molar-refractivity contribution >= 4 is 0 Å². The van der Waals surface area contributed by atoms with E-state index in [4.69, 9.17) is 15.2 Å². The Morgan fingerprint density at radius 1 is 1.44 bits per heavy atom. The molecule has 3 nitrogen and oxygen atoms in total. The third kappa shape index (κ3) is 2.71. The molecular formula is C14H20FNO2. The van der Waals surface area contributed by atoms with E-state index in [1.807, 2.05) is 13.0 Å². The molecule has 1 aliphatic rings. The molecule has 18 heavy (non-hydrogen) atoms. The highest BCUT2D eigenvalue weighted by atomic mass is 19.1. The Kier molecular flexibility index (Phi) is 4.32. The Bertz CT molecular complexity index is 386. The molecule has 0 amide bonds. The highest BCUT2D eigenvalue weighted by molar-refractivity contribution is 5.23. The maximum absolute atomic E-state index is 13.3. The summed E-state index contributed by atoms with van der Waals surface area (Å²) in [6.45, 7) is 3.84. The van der Waals surface area contributed by atoms with Crippen LogP contribution < -0.4 is 5.73 Å². The fourth-order valence-corrected chi connectivity index (χ4v) is 2.55. The van der Waals surface area contributed by atoms with Crippen LogP contribution in [0.25, 0.3) is 0 Å². The van der Waals surface area contributed by atoms with Gasteiger partial charge in [-0.15, -0.1) is 0 Å². The summed E-state index contributed by atoms with van der Waals surface area (Å²) in [6.07, 6.45) is 1.50. The molecule has 0 spiro atoms. The Morgan fingerprint density at radius 3 is 2.78 bits per heavy atom. The van der Waals surface area contributed by atoms with Crippen LogP contribution in [-0.2, 0) is 9.47 Å². The van der Waals surface area contributed by atoms with Crippen molar-refractivity contribution in [1.82, 2.24) is 0 Å². The van der Waals surface area contributed by atoms with Crippen molar-refractivity contribution in [3.05, 3.63) is 35.6 Å². The molecule has 1 saturated heterocycles. The van der Waals surface area contributed by atoms with Crippen molar-refractivity contribution in [2.45, 2.75) is 31.4 Å². The quantitative estimate of drug-likeness (QED) is 0.896. The van der Waals surface area contributed by atoms with Crippen molar-refractivity contribution in [2.75, 3.05) is 19.8 Å². The van der Waals surface area contributed by atoms with E-state index in [1.165, 1.54) is 12.1 Å². The minimum Gasteiger partial charge on any atom is -0.381 e. The van der Waals surface area contributed by atoms with E-state index in [1.54, 1.807) is 6.07 Å². The van der Waals surface area contributed by atoms with Crippen LogP contribution in [0.2, 0.25) is 0 Å². The van der Waals surface area contributed by atoms with Gasteiger partial charge in [0.05, 0.1) is 11.6 Å². The van der Waals surface area contributed by atoms with Gasteiger partial charge in [-0.05, 0) is 24.6 Å². The van der Waals surface area contributed by atoms with Gasteiger partial charge in [-0.25, -0.2) is 4.39 Å². The molecule has 100 valence electrons. The first-order valence-corrected chi connectivity index (χ1v) is 6.41. The van der Waals surface area contributed by atoms with Crippen LogP contribution in [0, 0.1) is 5.82 Å². The zero-order valence-corrected chi connectivity index (χ0v) is 10.7. The molecule has 0 aromatic heterocycles. The largest absolute Gasteiger partial charge is 0.381 e. The first-order chi connectivity index (χ1) is 8.68. The molecule has 1 unspecified atom stereocenters. The van der Waals surface area contributed by atoms with Crippen LogP contribution in [0.15, 0.2) is 24.3 Å². The third-order valence-electron chi connectivity index (χ3n) is 3.55. The zero-order chi connectivity index (χ0) is 13.0. The van der Waals surface area contributed by atoms with Crippen molar-refractivity contribution in [1.29, 1.82) is 0 Å². The number of nitrogens with two attached hydrogens (primary N) is 1. The summed E-state index contributed by atoms with van der Waals surface area (Å²) in [4.78, 5) is 0. The molecule has 0 radical (unpaired) electrons. The highest BCUT2D eigenvalue weighted by Crippen LogP contribution is 2.36. The molecule has 2 N–H and O–H groups in total. The van der Waals surface area contributed by atoms with E-state index in [2.05, 4.69) is 0 Å². The van der Waals surface area contributed by atoms with Gasteiger partial charge in [-0.1, -0.05) is 12.1 Å². The van der Waals surface area contributed by atoms with E-state index >= 15 is 0 Å². The first-order valence-electron chi connectivity index (χ1n) is 6.41. The van der Waals surface area contributed by atoms with Crippen LogP contribution in [0.3, 0.4) is 0 Å². The number of hydrogen-bond donors (Lipinski definition) is 1. The van der Waals surface area contributed by atoms with Gasteiger partial charge >= 0.3 is 0 Å². The standard InChI is InChI=1S/C14H20FNO2/c1-2-18-14(6-8-17-9-7-14)13(16)11-4-3-5-12(15)10-11/h3-5,10,13H,2,6-9,16H2,1H3. The van der Waals surface area contributed by atoms with Gasteiger partial charge in [0.1, 0.15) is 5.82 Å². The molecule has 1 aromatic rings. The maximum Gasteiger partial charge on any atom is 0.123 e. The van der Waals surface area contributed by atoms with Crippen LogP contribution in [0.4, 0.5) is 4.39 Å². The van der Waals surface area contributed by atoms with Crippen molar-refractivity contribution < 1.29 is 13.9 Å². The fraction of sp³-hybridized carbons (Fsp3) is 0.571.